The summed E-state index contributed by atoms with van der Waals surface area (Å²) in [5, 5.41) is 3.27. The molecule has 7 heteroatoms. The molecule has 20 heavy (non-hydrogen) atoms. The summed E-state index contributed by atoms with van der Waals surface area (Å²) in [5.41, 5.74) is 0. The number of rotatable bonds is 11. The van der Waals surface area contributed by atoms with Crippen LogP contribution in [0.4, 0.5) is 0 Å². The molecule has 0 rings (SSSR count). The van der Waals surface area contributed by atoms with Crippen LogP contribution in [0.5, 0.6) is 0 Å². The highest BCUT2D eigenvalue weighted by atomic mass is 32.2. The fourth-order valence-corrected chi connectivity index (χ4v) is 2.72. The zero-order valence-corrected chi connectivity index (χ0v) is 14.5. The van der Waals surface area contributed by atoms with Crippen molar-refractivity contribution in [2.45, 2.75) is 46.3 Å². The first-order chi connectivity index (χ1) is 9.17. The molecule has 1 N–H and O–H groups in total. The average molecular weight is 309 g/mol. The van der Waals surface area contributed by atoms with Crippen molar-refractivity contribution in [3.05, 3.63) is 0 Å². The summed E-state index contributed by atoms with van der Waals surface area (Å²) in [6, 6.07) is 0.424. The number of hydrogen-bond acceptors (Lipinski definition) is 4. The van der Waals surface area contributed by atoms with E-state index in [1.165, 1.54) is 8.61 Å². The monoisotopic (exact) mass is 309 g/mol. The third-order valence-electron chi connectivity index (χ3n) is 2.85. The van der Waals surface area contributed by atoms with Crippen molar-refractivity contribution < 1.29 is 13.2 Å². The van der Waals surface area contributed by atoms with Gasteiger partial charge in [0.2, 0.25) is 0 Å². The quantitative estimate of drug-likeness (QED) is 0.576. The van der Waals surface area contributed by atoms with E-state index in [4.69, 9.17) is 4.74 Å². The van der Waals surface area contributed by atoms with Gasteiger partial charge in [0.1, 0.15) is 0 Å². The normalized spacial score (nSPS) is 13.1. The molecule has 0 saturated carbocycles. The van der Waals surface area contributed by atoms with E-state index in [1.54, 1.807) is 14.1 Å². The fourth-order valence-electron chi connectivity index (χ4n) is 1.58. The molecular weight excluding hydrogens is 278 g/mol. The van der Waals surface area contributed by atoms with Gasteiger partial charge in [-0.05, 0) is 26.8 Å². The standard InChI is InChI=1S/C13H31N3O3S/c1-12(2)14-8-7-9-15(5)20(17,18)16(6)10-11-19-13(3)4/h12-14H,7-11H2,1-6H3. The van der Waals surface area contributed by atoms with Gasteiger partial charge < -0.3 is 10.1 Å². The minimum Gasteiger partial charge on any atom is -0.377 e. The summed E-state index contributed by atoms with van der Waals surface area (Å²) in [6.07, 6.45) is 0.912. The van der Waals surface area contributed by atoms with Crippen molar-refractivity contribution in [1.82, 2.24) is 13.9 Å². The van der Waals surface area contributed by atoms with E-state index in [0.29, 0.717) is 25.7 Å². The first-order valence-electron chi connectivity index (χ1n) is 7.20. The van der Waals surface area contributed by atoms with E-state index in [9.17, 15) is 8.42 Å². The minimum absolute atomic E-state index is 0.117. The van der Waals surface area contributed by atoms with Crippen molar-refractivity contribution in [2.24, 2.45) is 0 Å². The van der Waals surface area contributed by atoms with Gasteiger partial charge in [-0.3, -0.25) is 0 Å². The molecule has 0 amide bonds. The SMILES string of the molecule is CC(C)NCCCN(C)S(=O)(=O)N(C)CCOC(C)C. The van der Waals surface area contributed by atoms with Crippen molar-refractivity contribution in [3.63, 3.8) is 0 Å². The van der Waals surface area contributed by atoms with Gasteiger partial charge in [0.15, 0.2) is 0 Å². The number of likely N-dealkylation sites (N-methyl/N-ethyl adjacent to an activating group) is 1. The maximum Gasteiger partial charge on any atom is 0.281 e. The van der Waals surface area contributed by atoms with Crippen LogP contribution >= 0.6 is 0 Å². The summed E-state index contributed by atoms with van der Waals surface area (Å²) in [5.74, 6) is 0. The Morgan fingerprint density at radius 3 is 2.10 bits per heavy atom. The van der Waals surface area contributed by atoms with Crippen LogP contribution in [-0.4, -0.2) is 69.5 Å². The van der Waals surface area contributed by atoms with Crippen LogP contribution in [0.1, 0.15) is 34.1 Å². The van der Waals surface area contributed by atoms with Gasteiger partial charge >= 0.3 is 0 Å². The van der Waals surface area contributed by atoms with Gasteiger partial charge in [-0.15, -0.1) is 0 Å². The van der Waals surface area contributed by atoms with E-state index >= 15 is 0 Å². The topological polar surface area (TPSA) is 61.9 Å². The Labute approximate surface area is 124 Å². The lowest BCUT2D eigenvalue weighted by Gasteiger charge is -2.24. The molecule has 6 nitrogen and oxygen atoms in total. The van der Waals surface area contributed by atoms with E-state index in [0.717, 1.165) is 13.0 Å². The Balaban J connectivity index is 4.12. The predicted molar refractivity (Wildman–Crippen MR) is 83.0 cm³/mol. The summed E-state index contributed by atoms with van der Waals surface area (Å²) >= 11 is 0. The van der Waals surface area contributed by atoms with E-state index in [-0.39, 0.29) is 6.10 Å². The van der Waals surface area contributed by atoms with Crippen molar-refractivity contribution in [1.29, 1.82) is 0 Å². The van der Waals surface area contributed by atoms with Crippen LogP contribution in [-0.2, 0) is 14.9 Å². The van der Waals surface area contributed by atoms with Crippen LogP contribution in [0.3, 0.4) is 0 Å². The van der Waals surface area contributed by atoms with Gasteiger partial charge in [0.25, 0.3) is 10.2 Å². The van der Waals surface area contributed by atoms with Crippen LogP contribution < -0.4 is 5.32 Å². The first kappa shape index (κ1) is 19.8. The number of nitrogens with one attached hydrogen (secondary N) is 1. The van der Waals surface area contributed by atoms with Crippen LogP contribution in [0.25, 0.3) is 0 Å². The molecule has 0 radical (unpaired) electrons. The second kappa shape index (κ2) is 9.68. The van der Waals surface area contributed by atoms with Crippen molar-refractivity contribution in [2.75, 3.05) is 40.3 Å². The lowest BCUT2D eigenvalue weighted by Crippen LogP contribution is -2.42. The van der Waals surface area contributed by atoms with E-state index in [2.05, 4.69) is 19.2 Å². The second-order valence-electron chi connectivity index (χ2n) is 5.53. The molecule has 122 valence electrons. The smallest absolute Gasteiger partial charge is 0.281 e. The Kier molecular flexibility index (Phi) is 9.58. The number of ether oxygens (including phenoxy) is 1. The molecule has 0 aromatic carbocycles. The van der Waals surface area contributed by atoms with Crippen LogP contribution in [0, 0.1) is 0 Å². The molecule has 0 aliphatic heterocycles. The maximum atomic E-state index is 12.2. The summed E-state index contributed by atoms with van der Waals surface area (Å²) in [4.78, 5) is 0. The largest absolute Gasteiger partial charge is 0.377 e. The zero-order chi connectivity index (χ0) is 15.8. The highest BCUT2D eigenvalue weighted by Crippen LogP contribution is 2.04. The number of nitrogens with zero attached hydrogens (tertiary/aromatic N) is 2. The van der Waals surface area contributed by atoms with Gasteiger partial charge in [-0.25, -0.2) is 0 Å². The molecule has 0 aliphatic carbocycles. The second-order valence-corrected chi connectivity index (χ2v) is 7.68. The number of hydrogen-bond donors (Lipinski definition) is 1. The highest BCUT2D eigenvalue weighted by molar-refractivity contribution is 7.86. The van der Waals surface area contributed by atoms with Gasteiger partial charge in [0, 0.05) is 33.2 Å². The Bertz CT molecular complexity index is 345. The maximum absolute atomic E-state index is 12.2. The van der Waals surface area contributed by atoms with Crippen molar-refractivity contribution >= 4 is 10.2 Å². The Morgan fingerprint density at radius 1 is 1.05 bits per heavy atom. The van der Waals surface area contributed by atoms with Gasteiger partial charge in [-0.2, -0.15) is 17.0 Å². The van der Waals surface area contributed by atoms with Crippen molar-refractivity contribution in [3.8, 4) is 0 Å². The molecule has 0 aliphatic rings. The minimum atomic E-state index is -3.38. The molecule has 0 heterocycles. The van der Waals surface area contributed by atoms with Gasteiger partial charge in [0.05, 0.1) is 12.7 Å². The van der Waals surface area contributed by atoms with Gasteiger partial charge in [-0.1, -0.05) is 13.8 Å². The third-order valence-corrected chi connectivity index (χ3v) is 4.79. The molecule has 0 aromatic rings. The fraction of sp³-hybridized carbons (Fsp3) is 1.00. The molecule has 0 fully saturated rings. The van der Waals surface area contributed by atoms with E-state index < -0.39 is 10.2 Å². The van der Waals surface area contributed by atoms with Crippen LogP contribution in [0.2, 0.25) is 0 Å². The molecule has 0 spiro atoms. The zero-order valence-electron chi connectivity index (χ0n) is 13.7. The summed E-state index contributed by atoms with van der Waals surface area (Å²) in [6.45, 7) is 10.1. The third kappa shape index (κ3) is 8.16. The molecule has 0 aromatic heterocycles. The molecular formula is C13H31N3O3S. The summed E-state index contributed by atoms with van der Waals surface area (Å²) in [7, 11) is -0.178. The highest BCUT2D eigenvalue weighted by Gasteiger charge is 2.22. The molecule has 0 saturated heterocycles. The first-order valence-corrected chi connectivity index (χ1v) is 8.60. The lowest BCUT2D eigenvalue weighted by molar-refractivity contribution is 0.0731. The van der Waals surface area contributed by atoms with E-state index in [1.807, 2.05) is 13.8 Å². The average Bonchev–Trinajstić information content (AvgIpc) is 2.33. The Morgan fingerprint density at radius 2 is 1.60 bits per heavy atom. The Hall–Kier alpha value is -0.210. The molecule has 0 unspecified atom stereocenters. The molecule has 0 atom stereocenters. The van der Waals surface area contributed by atoms with Crippen LogP contribution in [0.15, 0.2) is 0 Å². The predicted octanol–water partition coefficient (Wildman–Crippen LogP) is 0.908. The lowest BCUT2D eigenvalue weighted by atomic mass is 10.3. The summed E-state index contributed by atoms with van der Waals surface area (Å²) < 4.78 is 32.5. The molecule has 0 bridgehead atoms.